The average molecular weight is 361 g/mol. The summed E-state index contributed by atoms with van der Waals surface area (Å²) >= 11 is 0. The number of benzene rings is 1. The van der Waals surface area contributed by atoms with Crippen LogP contribution < -0.4 is 5.73 Å². The van der Waals surface area contributed by atoms with E-state index < -0.39 is 12.0 Å². The van der Waals surface area contributed by atoms with Gasteiger partial charge in [-0.1, -0.05) is 49.6 Å². The van der Waals surface area contributed by atoms with Crippen molar-refractivity contribution in [2.75, 3.05) is 13.2 Å². The molecule has 1 aromatic rings. The molecule has 1 aromatic carbocycles. The number of carbonyl (C=O) groups is 1. The molecule has 26 heavy (non-hydrogen) atoms. The molecule has 2 fully saturated rings. The maximum absolute atomic E-state index is 12.2. The molecular formula is C21H31NO4. The number of hydrogen-bond donors (Lipinski definition) is 1. The van der Waals surface area contributed by atoms with Crippen molar-refractivity contribution in [1.29, 1.82) is 0 Å². The van der Waals surface area contributed by atoms with Gasteiger partial charge in [-0.2, -0.15) is 0 Å². The highest BCUT2D eigenvalue weighted by Gasteiger charge is 2.35. The molecule has 1 aliphatic carbocycles. The molecule has 1 heterocycles. The number of cyclic esters (lactones) is 1. The fourth-order valence-corrected chi connectivity index (χ4v) is 3.97. The molecule has 0 bridgehead atoms. The van der Waals surface area contributed by atoms with Gasteiger partial charge in [0.1, 0.15) is 12.1 Å². The van der Waals surface area contributed by atoms with Crippen LogP contribution in [0.2, 0.25) is 0 Å². The first-order valence-electron chi connectivity index (χ1n) is 9.86. The fourth-order valence-electron chi connectivity index (χ4n) is 3.97. The summed E-state index contributed by atoms with van der Waals surface area (Å²) in [6.45, 7) is 2.62. The zero-order chi connectivity index (χ0) is 18.4. The smallest absolute Gasteiger partial charge is 0.325 e. The van der Waals surface area contributed by atoms with Crippen molar-refractivity contribution in [2.45, 2.75) is 69.8 Å². The van der Waals surface area contributed by atoms with Crippen molar-refractivity contribution < 1.29 is 19.0 Å². The highest BCUT2D eigenvalue weighted by molar-refractivity contribution is 5.75. The van der Waals surface area contributed by atoms with Gasteiger partial charge in [-0.15, -0.1) is 0 Å². The van der Waals surface area contributed by atoms with E-state index in [2.05, 4.69) is 12.1 Å². The minimum Gasteiger partial charge on any atom is -0.459 e. The van der Waals surface area contributed by atoms with E-state index in [9.17, 15) is 4.79 Å². The molecule has 3 rings (SSSR count). The first kappa shape index (κ1) is 19.3. The lowest BCUT2D eigenvalue weighted by molar-refractivity contribution is -0.165. The van der Waals surface area contributed by atoms with Crippen LogP contribution in [0.4, 0.5) is 0 Å². The van der Waals surface area contributed by atoms with Crippen molar-refractivity contribution in [2.24, 2.45) is 11.7 Å². The average Bonchev–Trinajstić information content (AvgIpc) is 2.70. The standard InChI is InChI=1S/C21H31NO4/c1-15-20(26-18-10-6-3-7-11-18)17(12-16-8-4-2-5-9-16)13-24-14-19(22)21(23)25-15/h2,4-5,8-9,15,17-20H,3,6-7,10-14,22H2,1H3/t15-,17-,19-,20-/m0/s1. The van der Waals surface area contributed by atoms with E-state index in [1.54, 1.807) is 0 Å². The number of ether oxygens (including phenoxy) is 3. The van der Waals surface area contributed by atoms with Crippen LogP contribution in [0.25, 0.3) is 0 Å². The van der Waals surface area contributed by atoms with Gasteiger partial charge >= 0.3 is 5.97 Å². The second-order valence-corrected chi connectivity index (χ2v) is 7.60. The first-order valence-corrected chi connectivity index (χ1v) is 9.86. The third-order valence-corrected chi connectivity index (χ3v) is 5.40. The van der Waals surface area contributed by atoms with Crippen molar-refractivity contribution in [3.05, 3.63) is 35.9 Å². The lowest BCUT2D eigenvalue weighted by Crippen LogP contribution is -2.43. The molecule has 0 radical (unpaired) electrons. The summed E-state index contributed by atoms with van der Waals surface area (Å²) in [5.74, 6) is -0.289. The number of rotatable bonds is 4. The summed E-state index contributed by atoms with van der Waals surface area (Å²) in [6.07, 6.45) is 6.38. The predicted molar refractivity (Wildman–Crippen MR) is 99.7 cm³/mol. The van der Waals surface area contributed by atoms with E-state index in [4.69, 9.17) is 19.9 Å². The zero-order valence-electron chi connectivity index (χ0n) is 15.6. The summed E-state index contributed by atoms with van der Waals surface area (Å²) in [5, 5.41) is 0. The van der Waals surface area contributed by atoms with Crippen molar-refractivity contribution >= 4 is 5.97 Å². The Hall–Kier alpha value is -1.43. The second-order valence-electron chi connectivity index (χ2n) is 7.60. The molecule has 1 saturated carbocycles. The summed E-state index contributed by atoms with van der Waals surface area (Å²) in [5.41, 5.74) is 7.10. The molecule has 1 saturated heterocycles. The topological polar surface area (TPSA) is 70.8 Å². The number of carbonyl (C=O) groups excluding carboxylic acids is 1. The largest absolute Gasteiger partial charge is 0.459 e. The number of hydrogen-bond acceptors (Lipinski definition) is 5. The Morgan fingerprint density at radius 1 is 1.12 bits per heavy atom. The molecule has 5 heteroatoms. The molecule has 0 unspecified atom stereocenters. The second kappa shape index (κ2) is 9.49. The quantitative estimate of drug-likeness (QED) is 0.835. The zero-order valence-corrected chi connectivity index (χ0v) is 15.6. The summed E-state index contributed by atoms with van der Waals surface area (Å²) in [4.78, 5) is 12.2. The van der Waals surface area contributed by atoms with Crippen LogP contribution in [0.1, 0.15) is 44.6 Å². The number of nitrogens with two attached hydrogens (primary N) is 1. The van der Waals surface area contributed by atoms with Gasteiger partial charge < -0.3 is 19.9 Å². The Labute approximate surface area is 156 Å². The first-order chi connectivity index (χ1) is 12.6. The third-order valence-electron chi connectivity index (χ3n) is 5.40. The SMILES string of the molecule is C[C@@H]1OC(=O)[C@@H](N)COC[C@H](Cc2ccccc2)[C@H]1OC1CCCCC1. The third kappa shape index (κ3) is 5.29. The molecule has 0 spiro atoms. The van der Waals surface area contributed by atoms with Gasteiger partial charge in [-0.3, -0.25) is 4.79 Å². The molecule has 2 N–H and O–H groups in total. The monoisotopic (exact) mass is 361 g/mol. The Morgan fingerprint density at radius 3 is 2.58 bits per heavy atom. The van der Waals surface area contributed by atoms with E-state index in [-0.39, 0.29) is 30.8 Å². The van der Waals surface area contributed by atoms with E-state index in [1.165, 1.54) is 24.8 Å². The van der Waals surface area contributed by atoms with Gasteiger partial charge in [0.15, 0.2) is 0 Å². The van der Waals surface area contributed by atoms with Crippen molar-refractivity contribution in [1.82, 2.24) is 0 Å². The minimum atomic E-state index is -0.733. The van der Waals surface area contributed by atoms with E-state index in [0.717, 1.165) is 19.3 Å². The Balaban J connectivity index is 1.78. The van der Waals surface area contributed by atoms with Crippen LogP contribution >= 0.6 is 0 Å². The number of esters is 1. The maximum atomic E-state index is 12.2. The Kier molecular flexibility index (Phi) is 7.06. The predicted octanol–water partition coefficient (Wildman–Crippen LogP) is 2.85. The van der Waals surface area contributed by atoms with E-state index >= 15 is 0 Å². The maximum Gasteiger partial charge on any atom is 0.325 e. The molecule has 144 valence electrons. The van der Waals surface area contributed by atoms with Crippen molar-refractivity contribution in [3.63, 3.8) is 0 Å². The van der Waals surface area contributed by atoms with Gasteiger partial charge in [-0.05, 0) is 31.7 Å². The molecule has 5 nitrogen and oxygen atoms in total. The van der Waals surface area contributed by atoms with Crippen LogP contribution in [0.15, 0.2) is 30.3 Å². The van der Waals surface area contributed by atoms with Crippen LogP contribution in [0.3, 0.4) is 0 Å². The highest BCUT2D eigenvalue weighted by Crippen LogP contribution is 2.28. The van der Waals surface area contributed by atoms with Crippen molar-refractivity contribution in [3.8, 4) is 0 Å². The minimum absolute atomic E-state index is 0.118. The molecule has 2 aliphatic rings. The molecular weight excluding hydrogens is 330 g/mol. The highest BCUT2D eigenvalue weighted by atomic mass is 16.6. The summed E-state index contributed by atoms with van der Waals surface area (Å²) < 4.78 is 17.9. The Morgan fingerprint density at radius 2 is 1.85 bits per heavy atom. The van der Waals surface area contributed by atoms with E-state index in [0.29, 0.717) is 6.61 Å². The summed E-state index contributed by atoms with van der Waals surface area (Å²) in [6, 6.07) is 9.61. The molecule has 0 aromatic heterocycles. The fraction of sp³-hybridized carbons (Fsp3) is 0.667. The Bertz CT molecular complexity index is 558. The van der Waals surface area contributed by atoms with E-state index in [1.807, 2.05) is 25.1 Å². The normalized spacial score (nSPS) is 31.5. The van der Waals surface area contributed by atoms with Crippen LogP contribution in [0, 0.1) is 5.92 Å². The lowest BCUT2D eigenvalue weighted by atomic mass is 9.90. The van der Waals surface area contributed by atoms with Crippen LogP contribution in [-0.4, -0.2) is 43.5 Å². The van der Waals surface area contributed by atoms with Gasteiger partial charge in [0, 0.05) is 5.92 Å². The van der Waals surface area contributed by atoms with Crippen LogP contribution in [-0.2, 0) is 25.4 Å². The van der Waals surface area contributed by atoms with Crippen LogP contribution in [0.5, 0.6) is 0 Å². The summed E-state index contributed by atoms with van der Waals surface area (Å²) in [7, 11) is 0. The van der Waals surface area contributed by atoms with Gasteiger partial charge in [0.25, 0.3) is 0 Å². The lowest BCUT2D eigenvalue weighted by Gasteiger charge is -2.35. The molecule has 4 atom stereocenters. The molecule has 0 amide bonds. The molecule has 1 aliphatic heterocycles. The van der Waals surface area contributed by atoms with Gasteiger partial charge in [0.2, 0.25) is 0 Å². The van der Waals surface area contributed by atoms with Gasteiger partial charge in [0.05, 0.1) is 25.4 Å². The van der Waals surface area contributed by atoms with Gasteiger partial charge in [-0.25, -0.2) is 0 Å².